The van der Waals surface area contributed by atoms with Gasteiger partial charge in [-0.25, -0.2) is 9.97 Å². The monoisotopic (exact) mass is 210 g/mol. The van der Waals surface area contributed by atoms with Gasteiger partial charge in [-0.05, 0) is 6.42 Å². The second-order valence-electron chi connectivity index (χ2n) is 2.66. The van der Waals surface area contributed by atoms with E-state index in [1.165, 1.54) is 6.33 Å². The predicted molar refractivity (Wildman–Crippen MR) is 58.0 cm³/mol. The highest BCUT2D eigenvalue weighted by atomic mass is 35.5. The molecule has 0 bridgehead atoms. The Balaban J connectivity index is 2.51. The van der Waals surface area contributed by atoms with Crippen molar-refractivity contribution >= 4 is 23.2 Å². The summed E-state index contributed by atoms with van der Waals surface area (Å²) in [5.74, 6) is 3.38. The van der Waals surface area contributed by atoms with Gasteiger partial charge in [-0.2, -0.15) is 0 Å². The molecule has 0 saturated heterocycles. The fraction of sp³-hybridized carbons (Fsp3) is 0.333. The molecule has 0 amide bonds. The van der Waals surface area contributed by atoms with Crippen LogP contribution in [0.4, 0.5) is 11.6 Å². The lowest BCUT2D eigenvalue weighted by Crippen LogP contribution is -2.05. The van der Waals surface area contributed by atoms with Crippen LogP contribution in [0.15, 0.2) is 6.33 Å². The van der Waals surface area contributed by atoms with Gasteiger partial charge in [0.2, 0.25) is 0 Å². The van der Waals surface area contributed by atoms with E-state index in [1.54, 1.807) is 0 Å². The Hall–Kier alpha value is -1.47. The molecule has 4 nitrogen and oxygen atoms in total. The molecule has 14 heavy (non-hydrogen) atoms. The minimum Gasteiger partial charge on any atom is -0.382 e. The molecule has 5 heteroatoms. The molecule has 1 aromatic heterocycles. The van der Waals surface area contributed by atoms with Gasteiger partial charge in [0.1, 0.15) is 23.0 Å². The number of anilines is 2. The molecule has 0 unspecified atom stereocenters. The Bertz CT molecular complexity index is 345. The number of aromatic nitrogens is 2. The van der Waals surface area contributed by atoms with Crippen molar-refractivity contribution in [2.75, 3.05) is 17.6 Å². The Morgan fingerprint density at radius 1 is 1.57 bits per heavy atom. The highest BCUT2D eigenvalue weighted by molar-refractivity contribution is 6.35. The van der Waals surface area contributed by atoms with Crippen LogP contribution in [-0.4, -0.2) is 16.5 Å². The number of rotatable bonds is 4. The van der Waals surface area contributed by atoms with Crippen molar-refractivity contribution in [2.24, 2.45) is 0 Å². The fourth-order valence-corrected chi connectivity index (χ4v) is 1.07. The molecule has 0 spiro atoms. The third-order valence-corrected chi connectivity index (χ3v) is 1.98. The zero-order valence-electron chi connectivity index (χ0n) is 7.63. The molecule has 0 saturated carbocycles. The quantitative estimate of drug-likeness (QED) is 0.585. The molecule has 1 rings (SSSR count). The number of nitrogens with one attached hydrogen (secondary N) is 1. The first-order chi connectivity index (χ1) is 6.75. The lowest BCUT2D eigenvalue weighted by atomic mass is 10.3. The van der Waals surface area contributed by atoms with Crippen LogP contribution in [0.5, 0.6) is 0 Å². The maximum absolute atomic E-state index is 5.85. The molecule has 0 aliphatic rings. The minimum atomic E-state index is 0.279. The van der Waals surface area contributed by atoms with E-state index in [0.717, 1.165) is 19.4 Å². The summed E-state index contributed by atoms with van der Waals surface area (Å²) in [5, 5.41) is 3.38. The molecule has 1 heterocycles. The lowest BCUT2D eigenvalue weighted by Gasteiger charge is -2.06. The van der Waals surface area contributed by atoms with Gasteiger partial charge in [0, 0.05) is 13.0 Å². The Morgan fingerprint density at radius 3 is 3.07 bits per heavy atom. The zero-order chi connectivity index (χ0) is 10.4. The molecular formula is C9H11ClN4. The Labute approximate surface area is 87.9 Å². The summed E-state index contributed by atoms with van der Waals surface area (Å²) >= 11 is 5.85. The molecular weight excluding hydrogens is 200 g/mol. The summed E-state index contributed by atoms with van der Waals surface area (Å²) in [7, 11) is 0. The number of unbranched alkanes of at least 4 members (excludes halogenated alkanes) is 1. The first-order valence-corrected chi connectivity index (χ1v) is 4.57. The Kier molecular flexibility index (Phi) is 4.02. The predicted octanol–water partition coefficient (Wildman–Crippen LogP) is 1.54. The summed E-state index contributed by atoms with van der Waals surface area (Å²) in [4.78, 5) is 7.70. The molecule has 0 atom stereocenters. The van der Waals surface area contributed by atoms with E-state index in [9.17, 15) is 0 Å². The van der Waals surface area contributed by atoms with Gasteiger partial charge >= 0.3 is 0 Å². The highest BCUT2D eigenvalue weighted by Crippen LogP contribution is 2.22. The van der Waals surface area contributed by atoms with Gasteiger partial charge in [-0.15, -0.1) is 12.3 Å². The van der Waals surface area contributed by atoms with Gasteiger partial charge in [0.25, 0.3) is 0 Å². The van der Waals surface area contributed by atoms with Crippen LogP contribution in [0.25, 0.3) is 0 Å². The highest BCUT2D eigenvalue weighted by Gasteiger charge is 2.04. The summed E-state index contributed by atoms with van der Waals surface area (Å²) in [6.07, 6.45) is 8.08. The molecule has 74 valence electrons. The van der Waals surface area contributed by atoms with E-state index < -0.39 is 0 Å². The van der Waals surface area contributed by atoms with Gasteiger partial charge in [-0.3, -0.25) is 0 Å². The minimum absolute atomic E-state index is 0.279. The molecule has 1 aromatic rings. The van der Waals surface area contributed by atoms with Crippen molar-refractivity contribution in [3.8, 4) is 12.3 Å². The summed E-state index contributed by atoms with van der Waals surface area (Å²) < 4.78 is 0. The van der Waals surface area contributed by atoms with E-state index in [4.69, 9.17) is 23.8 Å². The topological polar surface area (TPSA) is 63.8 Å². The van der Waals surface area contributed by atoms with Crippen molar-refractivity contribution in [1.29, 1.82) is 0 Å². The number of hydrogen-bond acceptors (Lipinski definition) is 4. The summed E-state index contributed by atoms with van der Waals surface area (Å²) in [5.41, 5.74) is 5.50. The molecule has 0 aliphatic carbocycles. The molecule has 0 aliphatic heterocycles. The van der Waals surface area contributed by atoms with E-state index in [0.29, 0.717) is 10.8 Å². The first kappa shape index (κ1) is 10.6. The fourth-order valence-electron chi connectivity index (χ4n) is 0.904. The standard InChI is InChI=1S/C9H11ClN4/c1-2-3-4-5-12-9-7(10)8(11)13-6-14-9/h1,6H,3-5H2,(H3,11,12,13,14). The average molecular weight is 211 g/mol. The van der Waals surface area contributed by atoms with Crippen molar-refractivity contribution < 1.29 is 0 Å². The first-order valence-electron chi connectivity index (χ1n) is 4.19. The second kappa shape index (κ2) is 5.30. The molecule has 0 aromatic carbocycles. The van der Waals surface area contributed by atoms with Crippen LogP contribution in [0.2, 0.25) is 5.02 Å². The summed E-state index contributed by atoms with van der Waals surface area (Å²) in [6, 6.07) is 0. The van der Waals surface area contributed by atoms with Gasteiger partial charge in [0.15, 0.2) is 0 Å². The average Bonchev–Trinajstić information content (AvgIpc) is 2.19. The third kappa shape index (κ3) is 2.79. The van der Waals surface area contributed by atoms with Gasteiger partial charge < -0.3 is 11.1 Å². The summed E-state index contributed by atoms with van der Waals surface area (Å²) in [6.45, 7) is 0.723. The maximum Gasteiger partial charge on any atom is 0.150 e. The van der Waals surface area contributed by atoms with Crippen LogP contribution in [0, 0.1) is 12.3 Å². The zero-order valence-corrected chi connectivity index (χ0v) is 8.38. The van der Waals surface area contributed by atoms with Crippen molar-refractivity contribution in [3.63, 3.8) is 0 Å². The lowest BCUT2D eigenvalue weighted by molar-refractivity contribution is 0.900. The van der Waals surface area contributed by atoms with Crippen molar-refractivity contribution in [2.45, 2.75) is 12.8 Å². The second-order valence-corrected chi connectivity index (χ2v) is 3.03. The largest absolute Gasteiger partial charge is 0.382 e. The smallest absolute Gasteiger partial charge is 0.150 e. The number of terminal acetylenes is 1. The van der Waals surface area contributed by atoms with Crippen LogP contribution in [-0.2, 0) is 0 Å². The third-order valence-electron chi connectivity index (χ3n) is 1.61. The van der Waals surface area contributed by atoms with Crippen molar-refractivity contribution in [1.82, 2.24) is 9.97 Å². The number of halogens is 1. The number of nitrogens with zero attached hydrogens (tertiary/aromatic N) is 2. The molecule has 0 fully saturated rings. The normalized spacial score (nSPS) is 9.43. The van der Waals surface area contributed by atoms with E-state index in [1.807, 2.05) is 0 Å². The van der Waals surface area contributed by atoms with Crippen LogP contribution >= 0.6 is 11.6 Å². The maximum atomic E-state index is 5.85. The van der Waals surface area contributed by atoms with Crippen molar-refractivity contribution in [3.05, 3.63) is 11.3 Å². The van der Waals surface area contributed by atoms with E-state index in [2.05, 4.69) is 21.2 Å². The molecule has 3 N–H and O–H groups in total. The van der Waals surface area contributed by atoms with Crippen LogP contribution in [0.1, 0.15) is 12.8 Å². The molecule has 0 radical (unpaired) electrons. The van der Waals surface area contributed by atoms with E-state index in [-0.39, 0.29) is 5.82 Å². The van der Waals surface area contributed by atoms with Crippen LogP contribution < -0.4 is 11.1 Å². The van der Waals surface area contributed by atoms with Crippen LogP contribution in [0.3, 0.4) is 0 Å². The van der Waals surface area contributed by atoms with E-state index >= 15 is 0 Å². The van der Waals surface area contributed by atoms with Gasteiger partial charge in [0.05, 0.1) is 0 Å². The SMILES string of the molecule is C#CCCCNc1ncnc(N)c1Cl. The number of nitrogens with two attached hydrogens (primary N) is 1. The van der Waals surface area contributed by atoms with Gasteiger partial charge in [-0.1, -0.05) is 11.6 Å². The number of hydrogen-bond donors (Lipinski definition) is 2. The Morgan fingerprint density at radius 2 is 2.36 bits per heavy atom. The number of nitrogen functional groups attached to an aromatic ring is 1.